The number of rotatable bonds is 3. The maximum Gasteiger partial charge on any atom is 0.282 e. The number of ether oxygens (including phenoxy) is 1. The molecule has 4 rings (SSSR count). The number of aryl methyl sites for hydroxylation is 1. The molecule has 2 amide bonds. The first-order valence-corrected chi connectivity index (χ1v) is 9.71. The summed E-state index contributed by atoms with van der Waals surface area (Å²) in [4.78, 5) is 29.8. The molecule has 1 fully saturated rings. The number of nitrogens with zero attached hydrogens (tertiary/aromatic N) is 2. The van der Waals surface area contributed by atoms with Crippen molar-refractivity contribution in [2.24, 2.45) is 0 Å². The lowest BCUT2D eigenvalue weighted by molar-refractivity contribution is -0.121. The zero-order chi connectivity index (χ0) is 19.8. The average Bonchev–Trinajstić information content (AvgIpc) is 2.96. The Balaban J connectivity index is 1.82. The largest absolute Gasteiger partial charge is 0.378 e. The van der Waals surface area contributed by atoms with E-state index in [2.05, 4.69) is 0 Å². The van der Waals surface area contributed by atoms with Gasteiger partial charge < -0.3 is 9.64 Å². The Morgan fingerprint density at radius 3 is 2.21 bits per heavy atom. The van der Waals surface area contributed by atoms with Crippen LogP contribution in [0.1, 0.15) is 11.1 Å². The van der Waals surface area contributed by atoms with Crippen LogP contribution in [0.4, 0.5) is 5.69 Å². The molecule has 5 nitrogen and oxygen atoms in total. The third-order valence-corrected chi connectivity index (χ3v) is 5.63. The van der Waals surface area contributed by atoms with Gasteiger partial charge in [-0.2, -0.15) is 0 Å². The van der Waals surface area contributed by atoms with Gasteiger partial charge in [0.2, 0.25) is 0 Å². The van der Waals surface area contributed by atoms with Crippen molar-refractivity contribution in [1.29, 1.82) is 0 Å². The Morgan fingerprint density at radius 2 is 1.57 bits per heavy atom. The molecule has 0 radical (unpaired) electrons. The number of hydrogen-bond donors (Lipinski definition) is 0. The molecule has 2 aromatic rings. The maximum absolute atomic E-state index is 13.4. The Hall–Kier alpha value is -2.34. The molecule has 28 heavy (non-hydrogen) atoms. The first-order valence-electron chi connectivity index (χ1n) is 8.95. The third-order valence-electron chi connectivity index (χ3n) is 4.89. The lowest BCUT2D eigenvalue weighted by Gasteiger charge is -2.29. The first-order chi connectivity index (χ1) is 13.5. The highest BCUT2D eigenvalue weighted by atomic mass is 35.5. The molecule has 0 bridgehead atoms. The van der Waals surface area contributed by atoms with Crippen LogP contribution in [0.2, 0.25) is 10.0 Å². The summed E-state index contributed by atoms with van der Waals surface area (Å²) in [5.74, 6) is -0.727. The van der Waals surface area contributed by atoms with Gasteiger partial charge in [-0.3, -0.25) is 9.59 Å². The molecule has 144 valence electrons. The second-order valence-corrected chi connectivity index (χ2v) is 7.55. The molecular weight excluding hydrogens is 399 g/mol. The first kappa shape index (κ1) is 19.0. The quantitative estimate of drug-likeness (QED) is 0.711. The van der Waals surface area contributed by atoms with Crippen LogP contribution < -0.4 is 4.90 Å². The Morgan fingerprint density at radius 1 is 0.893 bits per heavy atom. The summed E-state index contributed by atoms with van der Waals surface area (Å²) < 4.78 is 5.41. The Kier molecular flexibility index (Phi) is 5.15. The summed E-state index contributed by atoms with van der Waals surface area (Å²) in [6.07, 6.45) is 0. The van der Waals surface area contributed by atoms with E-state index >= 15 is 0 Å². The van der Waals surface area contributed by atoms with Crippen molar-refractivity contribution < 1.29 is 14.3 Å². The van der Waals surface area contributed by atoms with Crippen LogP contribution in [0.5, 0.6) is 0 Å². The number of halogens is 2. The summed E-state index contributed by atoms with van der Waals surface area (Å²) in [5.41, 5.74) is 3.00. The van der Waals surface area contributed by atoms with E-state index < -0.39 is 0 Å². The van der Waals surface area contributed by atoms with Crippen molar-refractivity contribution in [3.05, 3.63) is 69.3 Å². The predicted octanol–water partition coefficient (Wildman–Crippen LogP) is 3.92. The standard InChI is InChI=1S/C21H18Cl2N2O3/c1-13-2-4-14(5-3-13)18-19(24-8-10-28-11-9-24)21(27)25(20(18)26)15-6-7-16(22)17(23)12-15/h2-7,12H,8-11H2,1H3. The van der Waals surface area contributed by atoms with Crippen LogP contribution in [-0.4, -0.2) is 43.0 Å². The number of hydrogen-bond acceptors (Lipinski definition) is 4. The van der Waals surface area contributed by atoms with E-state index in [1.807, 2.05) is 36.1 Å². The van der Waals surface area contributed by atoms with Crippen molar-refractivity contribution >= 4 is 46.3 Å². The molecule has 1 saturated heterocycles. The number of morpholine rings is 1. The molecule has 2 aliphatic heterocycles. The molecule has 0 aromatic heterocycles. The molecule has 0 atom stereocenters. The van der Waals surface area contributed by atoms with E-state index in [1.54, 1.807) is 12.1 Å². The van der Waals surface area contributed by atoms with Crippen LogP contribution in [0, 0.1) is 6.92 Å². The van der Waals surface area contributed by atoms with Gasteiger partial charge in [-0.25, -0.2) is 4.90 Å². The van der Waals surface area contributed by atoms with Gasteiger partial charge in [0.15, 0.2) is 0 Å². The number of anilines is 1. The van der Waals surface area contributed by atoms with Crippen LogP contribution in [0.25, 0.3) is 5.57 Å². The van der Waals surface area contributed by atoms with E-state index in [4.69, 9.17) is 27.9 Å². The van der Waals surface area contributed by atoms with Gasteiger partial charge in [0.05, 0.1) is 34.5 Å². The lowest BCUT2D eigenvalue weighted by atomic mass is 10.0. The van der Waals surface area contributed by atoms with E-state index in [0.717, 1.165) is 5.56 Å². The van der Waals surface area contributed by atoms with Crippen LogP contribution in [0.15, 0.2) is 48.2 Å². The molecule has 0 saturated carbocycles. The number of benzene rings is 2. The van der Waals surface area contributed by atoms with Crippen molar-refractivity contribution in [3.63, 3.8) is 0 Å². The minimum Gasteiger partial charge on any atom is -0.378 e. The zero-order valence-electron chi connectivity index (χ0n) is 15.2. The maximum atomic E-state index is 13.4. The summed E-state index contributed by atoms with van der Waals surface area (Å²) in [6, 6.07) is 12.3. The number of carbonyl (C=O) groups excluding carboxylic acids is 2. The summed E-state index contributed by atoms with van der Waals surface area (Å²) in [7, 11) is 0. The van der Waals surface area contributed by atoms with E-state index in [1.165, 1.54) is 11.0 Å². The van der Waals surface area contributed by atoms with Gasteiger partial charge in [-0.1, -0.05) is 53.0 Å². The lowest BCUT2D eigenvalue weighted by Crippen LogP contribution is -2.40. The van der Waals surface area contributed by atoms with Gasteiger partial charge in [-0.05, 0) is 30.7 Å². The minimum atomic E-state index is -0.367. The highest BCUT2D eigenvalue weighted by Crippen LogP contribution is 2.37. The fourth-order valence-electron chi connectivity index (χ4n) is 3.44. The average molecular weight is 417 g/mol. The third kappa shape index (κ3) is 3.30. The monoisotopic (exact) mass is 416 g/mol. The predicted molar refractivity (Wildman–Crippen MR) is 109 cm³/mol. The number of imide groups is 1. The second-order valence-electron chi connectivity index (χ2n) is 6.73. The number of amides is 2. The molecule has 0 spiro atoms. The fourth-order valence-corrected chi connectivity index (χ4v) is 3.73. The van der Waals surface area contributed by atoms with Crippen molar-refractivity contribution in [3.8, 4) is 0 Å². The van der Waals surface area contributed by atoms with Crippen LogP contribution in [0.3, 0.4) is 0 Å². The fraction of sp³-hybridized carbons (Fsp3) is 0.238. The Bertz CT molecular complexity index is 980. The summed E-state index contributed by atoms with van der Waals surface area (Å²) >= 11 is 12.1. The van der Waals surface area contributed by atoms with Gasteiger partial charge >= 0.3 is 0 Å². The van der Waals surface area contributed by atoms with E-state index in [0.29, 0.717) is 53.8 Å². The summed E-state index contributed by atoms with van der Waals surface area (Å²) in [6.45, 7) is 4.11. The van der Waals surface area contributed by atoms with Crippen molar-refractivity contribution in [2.45, 2.75) is 6.92 Å². The van der Waals surface area contributed by atoms with Gasteiger partial charge in [0.25, 0.3) is 11.8 Å². The summed E-state index contributed by atoms with van der Waals surface area (Å²) in [5, 5.41) is 0.654. The highest BCUT2D eigenvalue weighted by molar-refractivity contribution is 6.46. The molecule has 2 heterocycles. The molecule has 0 aliphatic carbocycles. The topological polar surface area (TPSA) is 49.9 Å². The van der Waals surface area contributed by atoms with Gasteiger partial charge in [0.1, 0.15) is 5.70 Å². The second kappa shape index (κ2) is 7.59. The molecule has 0 N–H and O–H groups in total. The minimum absolute atomic E-state index is 0.288. The zero-order valence-corrected chi connectivity index (χ0v) is 16.8. The van der Waals surface area contributed by atoms with E-state index in [9.17, 15) is 9.59 Å². The van der Waals surface area contributed by atoms with Gasteiger partial charge in [0, 0.05) is 13.1 Å². The molecule has 2 aromatic carbocycles. The molecule has 0 unspecified atom stereocenters. The number of carbonyl (C=O) groups is 2. The Labute approximate surface area is 173 Å². The van der Waals surface area contributed by atoms with Gasteiger partial charge in [-0.15, -0.1) is 0 Å². The van der Waals surface area contributed by atoms with Crippen molar-refractivity contribution in [1.82, 2.24) is 4.90 Å². The van der Waals surface area contributed by atoms with Crippen LogP contribution >= 0.6 is 23.2 Å². The molecule has 7 heteroatoms. The van der Waals surface area contributed by atoms with Crippen LogP contribution in [-0.2, 0) is 14.3 Å². The molecular formula is C21H18Cl2N2O3. The normalized spacial score (nSPS) is 17.7. The molecule has 2 aliphatic rings. The van der Waals surface area contributed by atoms with Crippen molar-refractivity contribution in [2.75, 3.05) is 31.2 Å². The SMILES string of the molecule is Cc1ccc(C2=C(N3CCOCC3)C(=O)N(c3ccc(Cl)c(Cl)c3)C2=O)cc1. The highest BCUT2D eigenvalue weighted by Gasteiger charge is 2.42. The smallest absolute Gasteiger partial charge is 0.282 e. The van der Waals surface area contributed by atoms with E-state index in [-0.39, 0.29) is 16.8 Å².